The molecule has 1 saturated heterocycles. The lowest BCUT2D eigenvalue weighted by atomic mass is 10.1. The minimum absolute atomic E-state index is 0.151. The van der Waals surface area contributed by atoms with E-state index in [-0.39, 0.29) is 11.0 Å². The van der Waals surface area contributed by atoms with Crippen molar-refractivity contribution in [2.75, 3.05) is 20.3 Å². The molecule has 7 nitrogen and oxygen atoms in total. The first-order valence-electron chi connectivity index (χ1n) is 8.27. The third-order valence-corrected chi connectivity index (χ3v) is 4.84. The summed E-state index contributed by atoms with van der Waals surface area (Å²) in [7, 11) is 1.89. The van der Waals surface area contributed by atoms with Crippen LogP contribution in [-0.2, 0) is 0 Å². The normalized spacial score (nSPS) is 25.0. The molecule has 0 bridgehead atoms. The van der Waals surface area contributed by atoms with Crippen LogP contribution < -0.4 is 0 Å². The van der Waals surface area contributed by atoms with Gasteiger partial charge in [0.15, 0.2) is 5.84 Å². The first kappa shape index (κ1) is 17.1. The highest BCUT2D eigenvalue weighted by molar-refractivity contribution is 6.29. The SMILES string of the molecule is CCC(N=C1C([N+](=O)[O-])CN(C2CC2)CN1C)c1ccc(Cl)nc1. The monoisotopic (exact) mass is 351 g/mol. The summed E-state index contributed by atoms with van der Waals surface area (Å²) in [6.07, 6.45) is 4.72. The van der Waals surface area contributed by atoms with Gasteiger partial charge >= 0.3 is 0 Å². The van der Waals surface area contributed by atoms with E-state index in [2.05, 4.69) is 9.88 Å². The molecule has 2 fully saturated rings. The minimum Gasteiger partial charge on any atom is -0.345 e. The number of aliphatic imine (C=N–C) groups is 1. The van der Waals surface area contributed by atoms with Crippen molar-refractivity contribution in [2.45, 2.75) is 44.3 Å². The molecule has 0 radical (unpaired) electrons. The van der Waals surface area contributed by atoms with Crippen molar-refractivity contribution in [2.24, 2.45) is 4.99 Å². The molecule has 2 atom stereocenters. The van der Waals surface area contributed by atoms with Crippen molar-refractivity contribution in [1.82, 2.24) is 14.8 Å². The topological polar surface area (TPSA) is 74.9 Å². The number of nitrogens with zero attached hydrogens (tertiary/aromatic N) is 5. The molecule has 130 valence electrons. The van der Waals surface area contributed by atoms with Crippen LogP contribution in [0.5, 0.6) is 0 Å². The van der Waals surface area contributed by atoms with E-state index < -0.39 is 6.04 Å². The van der Waals surface area contributed by atoms with Gasteiger partial charge in [-0.3, -0.25) is 20.0 Å². The molecule has 2 heterocycles. The molecule has 2 aliphatic rings. The summed E-state index contributed by atoms with van der Waals surface area (Å²) < 4.78 is 0. The summed E-state index contributed by atoms with van der Waals surface area (Å²) >= 11 is 5.84. The van der Waals surface area contributed by atoms with E-state index >= 15 is 0 Å². The van der Waals surface area contributed by atoms with Crippen LogP contribution in [0.2, 0.25) is 5.15 Å². The summed E-state index contributed by atoms with van der Waals surface area (Å²) in [6.45, 7) is 3.16. The van der Waals surface area contributed by atoms with Crippen LogP contribution in [-0.4, -0.2) is 57.9 Å². The highest BCUT2D eigenvalue weighted by Crippen LogP contribution is 2.30. The number of likely N-dealkylation sites (N-methyl/N-ethyl adjacent to an activating group) is 1. The van der Waals surface area contributed by atoms with Gasteiger partial charge in [-0.15, -0.1) is 0 Å². The van der Waals surface area contributed by atoms with E-state index in [0.29, 0.717) is 30.2 Å². The van der Waals surface area contributed by atoms with E-state index in [9.17, 15) is 10.1 Å². The Kier molecular flexibility index (Phi) is 5.01. The molecule has 0 N–H and O–H groups in total. The van der Waals surface area contributed by atoms with Gasteiger partial charge in [0.25, 0.3) is 6.04 Å². The van der Waals surface area contributed by atoms with Gasteiger partial charge < -0.3 is 4.90 Å². The standard InChI is InChI=1S/C16H22ClN5O2/c1-3-13(11-4-7-15(17)18-8-11)19-16-14(22(23)24)9-21(10-20(16)2)12-5-6-12/h4,7-8,12-14H,3,5-6,9-10H2,1-2H3. The van der Waals surface area contributed by atoms with Crippen LogP contribution in [0, 0.1) is 10.1 Å². The molecule has 3 rings (SSSR count). The summed E-state index contributed by atoms with van der Waals surface area (Å²) in [4.78, 5) is 24.3. The van der Waals surface area contributed by atoms with Gasteiger partial charge in [0.1, 0.15) is 5.15 Å². The van der Waals surface area contributed by atoms with Gasteiger partial charge in [0.2, 0.25) is 0 Å². The summed E-state index contributed by atoms with van der Waals surface area (Å²) in [5, 5.41) is 12.0. The number of nitro groups is 1. The van der Waals surface area contributed by atoms with Gasteiger partial charge in [0, 0.05) is 24.2 Å². The Morgan fingerprint density at radius 1 is 1.50 bits per heavy atom. The Morgan fingerprint density at radius 2 is 2.25 bits per heavy atom. The summed E-state index contributed by atoms with van der Waals surface area (Å²) in [6, 6.07) is 3.18. The Bertz CT molecular complexity index is 632. The van der Waals surface area contributed by atoms with Crippen LogP contribution in [0.15, 0.2) is 23.3 Å². The predicted octanol–water partition coefficient (Wildman–Crippen LogP) is 2.60. The number of rotatable bonds is 5. The van der Waals surface area contributed by atoms with Crippen LogP contribution in [0.4, 0.5) is 0 Å². The number of hydrogen-bond acceptors (Lipinski definition) is 5. The van der Waals surface area contributed by atoms with E-state index in [1.54, 1.807) is 12.3 Å². The fourth-order valence-corrected chi connectivity index (χ4v) is 3.27. The van der Waals surface area contributed by atoms with Crippen molar-refractivity contribution < 1.29 is 4.92 Å². The highest BCUT2D eigenvalue weighted by atomic mass is 35.5. The molecular formula is C16H22ClN5O2. The smallest absolute Gasteiger partial charge is 0.281 e. The largest absolute Gasteiger partial charge is 0.345 e. The van der Waals surface area contributed by atoms with Crippen molar-refractivity contribution in [3.05, 3.63) is 39.2 Å². The van der Waals surface area contributed by atoms with E-state index in [1.807, 2.05) is 24.9 Å². The van der Waals surface area contributed by atoms with Crippen LogP contribution in [0.1, 0.15) is 37.8 Å². The van der Waals surface area contributed by atoms with Gasteiger partial charge in [-0.1, -0.05) is 24.6 Å². The van der Waals surface area contributed by atoms with Crippen molar-refractivity contribution >= 4 is 17.4 Å². The maximum atomic E-state index is 11.6. The maximum Gasteiger partial charge on any atom is 0.281 e. The van der Waals surface area contributed by atoms with Crippen molar-refractivity contribution in [3.8, 4) is 0 Å². The lowest BCUT2D eigenvalue weighted by molar-refractivity contribution is -0.507. The van der Waals surface area contributed by atoms with Crippen LogP contribution in [0.25, 0.3) is 0 Å². The molecule has 24 heavy (non-hydrogen) atoms. The van der Waals surface area contributed by atoms with Gasteiger partial charge in [-0.05, 0) is 30.9 Å². The van der Waals surface area contributed by atoms with Gasteiger partial charge in [-0.2, -0.15) is 0 Å². The number of halogens is 1. The molecule has 1 aromatic rings. The molecule has 2 unspecified atom stereocenters. The molecule has 0 spiro atoms. The maximum absolute atomic E-state index is 11.6. The second kappa shape index (κ2) is 7.03. The summed E-state index contributed by atoms with van der Waals surface area (Å²) in [5.74, 6) is 0.554. The Balaban J connectivity index is 1.86. The molecule has 8 heteroatoms. The Labute approximate surface area is 146 Å². The summed E-state index contributed by atoms with van der Waals surface area (Å²) in [5.41, 5.74) is 0.925. The zero-order valence-electron chi connectivity index (χ0n) is 13.9. The highest BCUT2D eigenvalue weighted by Gasteiger charge is 2.42. The first-order chi connectivity index (χ1) is 11.5. The van der Waals surface area contributed by atoms with Gasteiger partial charge in [-0.25, -0.2) is 4.98 Å². The zero-order chi connectivity index (χ0) is 17.3. The third-order valence-electron chi connectivity index (χ3n) is 4.62. The second-order valence-corrected chi connectivity index (χ2v) is 6.86. The molecule has 1 saturated carbocycles. The van der Waals surface area contributed by atoms with Crippen molar-refractivity contribution in [3.63, 3.8) is 0 Å². The van der Waals surface area contributed by atoms with Gasteiger partial charge in [0.05, 0.1) is 19.3 Å². The van der Waals surface area contributed by atoms with Crippen LogP contribution >= 0.6 is 11.6 Å². The van der Waals surface area contributed by atoms with Crippen molar-refractivity contribution in [1.29, 1.82) is 0 Å². The fraction of sp³-hybridized carbons (Fsp3) is 0.625. The first-order valence-corrected chi connectivity index (χ1v) is 8.65. The quantitative estimate of drug-likeness (QED) is 0.463. The lowest BCUT2D eigenvalue weighted by Gasteiger charge is -2.37. The molecule has 1 aromatic heterocycles. The molecule has 1 aliphatic heterocycles. The van der Waals surface area contributed by atoms with E-state index in [4.69, 9.17) is 16.6 Å². The molecule has 0 aromatic carbocycles. The minimum atomic E-state index is -0.779. The zero-order valence-corrected chi connectivity index (χ0v) is 14.7. The third kappa shape index (κ3) is 3.67. The number of aromatic nitrogens is 1. The molecular weight excluding hydrogens is 330 g/mol. The second-order valence-electron chi connectivity index (χ2n) is 6.47. The van der Waals surface area contributed by atoms with Crippen LogP contribution in [0.3, 0.4) is 0 Å². The Morgan fingerprint density at radius 3 is 2.79 bits per heavy atom. The van der Waals surface area contributed by atoms with E-state index in [1.165, 1.54) is 0 Å². The fourth-order valence-electron chi connectivity index (χ4n) is 3.16. The Hall–Kier alpha value is -1.73. The van der Waals surface area contributed by atoms with E-state index in [0.717, 1.165) is 24.8 Å². The number of hydrogen-bond donors (Lipinski definition) is 0. The average Bonchev–Trinajstić information content (AvgIpc) is 3.39. The number of pyridine rings is 1. The lowest BCUT2D eigenvalue weighted by Crippen LogP contribution is -2.57. The predicted molar refractivity (Wildman–Crippen MR) is 92.9 cm³/mol. The number of amidine groups is 1. The average molecular weight is 352 g/mol. The molecule has 1 aliphatic carbocycles. The molecule has 0 amide bonds.